The van der Waals surface area contributed by atoms with Crippen LogP contribution in [0.2, 0.25) is 0 Å². The van der Waals surface area contributed by atoms with Crippen molar-refractivity contribution in [3.05, 3.63) is 74.5 Å². The van der Waals surface area contributed by atoms with Crippen LogP contribution in [0, 0.1) is 0 Å². The Morgan fingerprint density at radius 1 is 1.19 bits per heavy atom. The molecule has 160 valence electrons. The van der Waals surface area contributed by atoms with Gasteiger partial charge in [0.15, 0.2) is 11.3 Å². The Bertz CT molecular complexity index is 1400. The number of ether oxygens (including phenoxy) is 1. The van der Waals surface area contributed by atoms with Crippen LogP contribution in [0.15, 0.2) is 56.5 Å². The number of rotatable bonds is 6. The molecule has 1 atom stereocenters. The Balaban J connectivity index is 1.62. The third-order valence-corrected chi connectivity index (χ3v) is 5.15. The van der Waals surface area contributed by atoms with Crippen LogP contribution in [0.3, 0.4) is 0 Å². The first-order valence-electron chi connectivity index (χ1n) is 10.2. The Morgan fingerprint density at radius 3 is 2.74 bits per heavy atom. The Kier molecular flexibility index (Phi) is 5.37. The number of benzene rings is 2. The zero-order valence-corrected chi connectivity index (χ0v) is 17.5. The number of fused-ring (bicyclic) bond motifs is 2. The van der Waals surface area contributed by atoms with E-state index in [1.807, 2.05) is 38.1 Å². The molecule has 1 amide bonds. The second-order valence-corrected chi connectivity index (χ2v) is 7.19. The smallest absolute Gasteiger partial charge is 0.316 e. The van der Waals surface area contributed by atoms with Gasteiger partial charge in [0.25, 0.3) is 5.91 Å². The lowest BCUT2D eigenvalue weighted by molar-refractivity contribution is 0.0936. The van der Waals surface area contributed by atoms with E-state index >= 15 is 0 Å². The summed E-state index contributed by atoms with van der Waals surface area (Å²) in [6.45, 7) is 6.40. The lowest BCUT2D eigenvalue weighted by atomic mass is 10.1. The topological polar surface area (TPSA) is 106 Å². The Morgan fingerprint density at radius 2 is 2.00 bits per heavy atom. The number of amides is 1. The van der Waals surface area contributed by atoms with Gasteiger partial charge in [0.2, 0.25) is 0 Å². The molecular formula is C23H23N3O5. The molecule has 0 bridgehead atoms. The van der Waals surface area contributed by atoms with Crippen LogP contribution in [0.5, 0.6) is 5.75 Å². The van der Waals surface area contributed by atoms with Crippen molar-refractivity contribution in [1.82, 2.24) is 14.9 Å². The number of carbonyl (C=O) groups excluding carboxylic acids is 1. The minimum absolute atomic E-state index is 0.324. The van der Waals surface area contributed by atoms with Gasteiger partial charge in [-0.15, -0.1) is 0 Å². The van der Waals surface area contributed by atoms with Gasteiger partial charge in [0.1, 0.15) is 5.76 Å². The van der Waals surface area contributed by atoms with Crippen molar-refractivity contribution in [2.45, 2.75) is 33.4 Å². The van der Waals surface area contributed by atoms with E-state index in [1.54, 1.807) is 25.1 Å². The Labute approximate surface area is 177 Å². The number of aromatic amines is 1. The summed E-state index contributed by atoms with van der Waals surface area (Å²) in [5.74, 6) is 0.935. The van der Waals surface area contributed by atoms with Crippen LogP contribution in [0.25, 0.3) is 22.0 Å². The second kappa shape index (κ2) is 8.14. The van der Waals surface area contributed by atoms with Crippen molar-refractivity contribution < 1.29 is 13.9 Å². The van der Waals surface area contributed by atoms with E-state index in [1.165, 1.54) is 4.57 Å². The fourth-order valence-electron chi connectivity index (χ4n) is 3.62. The van der Waals surface area contributed by atoms with Crippen LogP contribution in [-0.4, -0.2) is 22.1 Å². The highest BCUT2D eigenvalue weighted by Crippen LogP contribution is 2.31. The lowest BCUT2D eigenvalue weighted by Crippen LogP contribution is -2.36. The number of nitrogens with zero attached hydrogens (tertiary/aromatic N) is 1. The minimum Gasteiger partial charge on any atom is -0.490 e. The summed E-state index contributed by atoms with van der Waals surface area (Å²) in [6.07, 6.45) is 0. The van der Waals surface area contributed by atoms with Gasteiger partial charge in [-0.1, -0.05) is 12.1 Å². The first kappa shape index (κ1) is 20.5. The van der Waals surface area contributed by atoms with Gasteiger partial charge in [0, 0.05) is 17.5 Å². The first-order valence-corrected chi connectivity index (χ1v) is 10.2. The second-order valence-electron chi connectivity index (χ2n) is 7.19. The molecular weight excluding hydrogens is 398 g/mol. The van der Waals surface area contributed by atoms with E-state index < -0.39 is 17.2 Å². The summed E-state index contributed by atoms with van der Waals surface area (Å²) < 4.78 is 12.9. The molecule has 0 spiro atoms. The fraction of sp³-hybridized carbons (Fsp3) is 0.261. The summed E-state index contributed by atoms with van der Waals surface area (Å²) in [7, 11) is 0. The molecule has 0 saturated heterocycles. The van der Waals surface area contributed by atoms with Crippen molar-refractivity contribution in [1.29, 1.82) is 0 Å². The van der Waals surface area contributed by atoms with Crippen molar-refractivity contribution >= 4 is 27.9 Å². The molecule has 4 aromatic rings. The predicted octanol–water partition coefficient (Wildman–Crippen LogP) is 3.35. The zero-order valence-electron chi connectivity index (χ0n) is 17.5. The third-order valence-electron chi connectivity index (χ3n) is 5.15. The van der Waals surface area contributed by atoms with Crippen LogP contribution < -0.4 is 21.2 Å². The molecule has 0 fully saturated rings. The van der Waals surface area contributed by atoms with E-state index in [2.05, 4.69) is 10.3 Å². The van der Waals surface area contributed by atoms with E-state index in [9.17, 15) is 14.4 Å². The molecule has 31 heavy (non-hydrogen) atoms. The van der Waals surface area contributed by atoms with Crippen molar-refractivity contribution in [3.8, 4) is 5.75 Å². The molecule has 0 aliphatic carbocycles. The number of furan rings is 1. The van der Waals surface area contributed by atoms with Crippen LogP contribution in [0.4, 0.5) is 0 Å². The van der Waals surface area contributed by atoms with Gasteiger partial charge < -0.3 is 24.0 Å². The molecule has 2 aromatic carbocycles. The van der Waals surface area contributed by atoms with Crippen molar-refractivity contribution in [2.24, 2.45) is 0 Å². The number of H-pyrrole nitrogens is 1. The van der Waals surface area contributed by atoms with Gasteiger partial charge in [0.05, 0.1) is 23.7 Å². The van der Waals surface area contributed by atoms with Gasteiger partial charge in [-0.05, 0) is 51.1 Å². The van der Waals surface area contributed by atoms with Gasteiger partial charge in [-0.25, -0.2) is 0 Å². The molecule has 8 heteroatoms. The number of nitrogens with one attached hydrogen (secondary N) is 2. The number of hydrogen-bond acceptors (Lipinski definition) is 5. The van der Waals surface area contributed by atoms with E-state index in [-0.39, 0.29) is 5.91 Å². The quantitative estimate of drug-likeness (QED) is 0.465. The summed E-state index contributed by atoms with van der Waals surface area (Å²) in [4.78, 5) is 39.3. The molecule has 0 radical (unpaired) electrons. The molecule has 2 N–H and O–H groups in total. The molecule has 4 rings (SSSR count). The molecule has 2 heterocycles. The summed E-state index contributed by atoms with van der Waals surface area (Å²) >= 11 is 0. The normalized spacial score (nSPS) is 12.2. The molecule has 1 unspecified atom stereocenters. The molecule has 0 saturated carbocycles. The van der Waals surface area contributed by atoms with Crippen LogP contribution >= 0.6 is 0 Å². The number of aryl methyl sites for hydroxylation is 1. The van der Waals surface area contributed by atoms with Crippen molar-refractivity contribution in [2.75, 3.05) is 6.61 Å². The maximum absolute atomic E-state index is 12.8. The number of aromatic nitrogens is 2. The minimum atomic E-state index is -0.715. The van der Waals surface area contributed by atoms with Crippen molar-refractivity contribution in [3.63, 3.8) is 0 Å². The highest BCUT2D eigenvalue weighted by molar-refractivity contribution is 5.97. The highest BCUT2D eigenvalue weighted by Gasteiger charge is 2.18. The maximum atomic E-state index is 12.8. The number of hydrogen-bond donors (Lipinski definition) is 2. The van der Waals surface area contributed by atoms with Gasteiger partial charge >= 0.3 is 11.1 Å². The maximum Gasteiger partial charge on any atom is 0.316 e. The lowest BCUT2D eigenvalue weighted by Gasteiger charge is -2.13. The zero-order chi connectivity index (χ0) is 22.1. The van der Waals surface area contributed by atoms with E-state index in [4.69, 9.17) is 9.15 Å². The average Bonchev–Trinajstić information content (AvgIpc) is 3.20. The first-order chi connectivity index (χ1) is 14.9. The third kappa shape index (κ3) is 3.72. The summed E-state index contributed by atoms with van der Waals surface area (Å²) in [6, 6.07) is 12.0. The monoisotopic (exact) mass is 421 g/mol. The molecule has 8 nitrogen and oxygen atoms in total. The van der Waals surface area contributed by atoms with E-state index in [0.717, 1.165) is 5.39 Å². The molecule has 2 aromatic heterocycles. The fourth-order valence-corrected chi connectivity index (χ4v) is 3.62. The van der Waals surface area contributed by atoms with E-state index in [0.29, 0.717) is 46.8 Å². The molecule has 0 aliphatic rings. The summed E-state index contributed by atoms with van der Waals surface area (Å²) in [5, 5.41) is 3.80. The van der Waals surface area contributed by atoms with Crippen LogP contribution in [0.1, 0.15) is 42.9 Å². The highest BCUT2D eigenvalue weighted by atomic mass is 16.5. The van der Waals surface area contributed by atoms with Crippen LogP contribution in [-0.2, 0) is 6.54 Å². The number of carbonyl (C=O) groups is 1. The van der Waals surface area contributed by atoms with Gasteiger partial charge in [-0.3, -0.25) is 14.4 Å². The average molecular weight is 421 g/mol. The van der Waals surface area contributed by atoms with Gasteiger partial charge in [-0.2, -0.15) is 0 Å². The standard InChI is InChI=1S/C23H23N3O5/c1-4-26-17-10-9-15(11-16(17)25-22(28)23(26)29)21(27)24-13(3)19-12-14-7-6-8-18(30-5-2)20(14)31-19/h6-13H,4-5H2,1-3H3,(H,24,27)(H,25,28). The largest absolute Gasteiger partial charge is 0.490 e. The Hall–Kier alpha value is -3.81. The predicted molar refractivity (Wildman–Crippen MR) is 118 cm³/mol. The summed E-state index contributed by atoms with van der Waals surface area (Å²) in [5.41, 5.74) is 0.669. The SMILES string of the molecule is CCOc1cccc2cc(C(C)NC(=O)c3ccc4c(c3)[nH]c(=O)c(=O)n4CC)oc12. The molecule has 0 aliphatic heterocycles. The number of para-hydroxylation sites is 1.